The highest BCUT2D eigenvalue weighted by Gasteiger charge is 2.29. The SMILES string of the molecule is CC(C)(C)OC(=O)N1CCN(S(=O)(=O)/C=C/c2ccc(Cl)cc2)CC1. The standard InChI is InChI=1S/C17H23ClN2O4S/c1-17(2,3)24-16(21)19-9-11-20(12-10-19)25(22,23)13-8-14-4-6-15(18)7-5-14/h4-8,13H,9-12H2,1-3H3/b13-8+. The average molecular weight is 387 g/mol. The second kappa shape index (κ2) is 7.76. The molecule has 0 radical (unpaired) electrons. The first-order valence-electron chi connectivity index (χ1n) is 7.98. The van der Waals surface area contributed by atoms with E-state index < -0.39 is 21.7 Å². The summed E-state index contributed by atoms with van der Waals surface area (Å²) in [5.41, 5.74) is 0.182. The lowest BCUT2D eigenvalue weighted by atomic mass is 10.2. The van der Waals surface area contributed by atoms with Gasteiger partial charge in [-0.15, -0.1) is 0 Å². The Morgan fingerprint density at radius 1 is 1.12 bits per heavy atom. The predicted molar refractivity (Wildman–Crippen MR) is 98.8 cm³/mol. The zero-order chi connectivity index (χ0) is 18.7. The van der Waals surface area contributed by atoms with Gasteiger partial charge in [0.15, 0.2) is 0 Å². The van der Waals surface area contributed by atoms with Crippen molar-refractivity contribution in [2.45, 2.75) is 26.4 Å². The number of rotatable bonds is 3. The van der Waals surface area contributed by atoms with Crippen LogP contribution in [0.25, 0.3) is 6.08 Å². The van der Waals surface area contributed by atoms with Crippen molar-refractivity contribution in [3.05, 3.63) is 40.3 Å². The van der Waals surface area contributed by atoms with E-state index in [9.17, 15) is 13.2 Å². The number of piperazine rings is 1. The van der Waals surface area contributed by atoms with Crippen LogP contribution in [0, 0.1) is 0 Å². The summed E-state index contributed by atoms with van der Waals surface area (Å²) in [6.45, 7) is 6.50. The van der Waals surface area contributed by atoms with Crippen molar-refractivity contribution >= 4 is 33.8 Å². The third-order valence-electron chi connectivity index (χ3n) is 3.55. The second-order valence-electron chi connectivity index (χ2n) is 6.77. The second-order valence-corrected chi connectivity index (χ2v) is 9.02. The maximum atomic E-state index is 12.4. The molecule has 0 aromatic heterocycles. The van der Waals surface area contributed by atoms with Gasteiger partial charge >= 0.3 is 6.09 Å². The molecule has 8 heteroatoms. The van der Waals surface area contributed by atoms with Crippen LogP contribution >= 0.6 is 11.6 Å². The Balaban J connectivity index is 1.94. The van der Waals surface area contributed by atoms with Crippen LogP contribution < -0.4 is 0 Å². The normalized spacial score (nSPS) is 17.0. The molecule has 1 aliphatic rings. The smallest absolute Gasteiger partial charge is 0.410 e. The minimum atomic E-state index is -3.53. The Morgan fingerprint density at radius 2 is 1.68 bits per heavy atom. The minimum Gasteiger partial charge on any atom is -0.444 e. The Morgan fingerprint density at radius 3 is 2.20 bits per heavy atom. The van der Waals surface area contributed by atoms with Gasteiger partial charge in [0.05, 0.1) is 0 Å². The fourth-order valence-electron chi connectivity index (χ4n) is 2.28. The molecule has 1 aromatic carbocycles. The van der Waals surface area contributed by atoms with Crippen molar-refractivity contribution in [3.8, 4) is 0 Å². The van der Waals surface area contributed by atoms with Gasteiger partial charge in [0.2, 0.25) is 10.0 Å². The van der Waals surface area contributed by atoms with Crippen molar-refractivity contribution in [2.24, 2.45) is 0 Å². The Hall–Kier alpha value is -1.57. The summed E-state index contributed by atoms with van der Waals surface area (Å²) in [4.78, 5) is 13.5. The van der Waals surface area contributed by atoms with Gasteiger partial charge < -0.3 is 9.64 Å². The van der Waals surface area contributed by atoms with Crippen LogP contribution in [0.5, 0.6) is 0 Å². The van der Waals surface area contributed by atoms with Crippen molar-refractivity contribution in [1.29, 1.82) is 0 Å². The zero-order valence-electron chi connectivity index (χ0n) is 14.6. The molecule has 6 nitrogen and oxygen atoms in total. The molecule has 1 amide bonds. The summed E-state index contributed by atoms with van der Waals surface area (Å²) >= 11 is 5.81. The molecule has 0 bridgehead atoms. The monoisotopic (exact) mass is 386 g/mol. The third kappa shape index (κ3) is 6.02. The number of carbonyl (C=O) groups excluding carboxylic acids is 1. The molecule has 0 unspecified atom stereocenters. The highest BCUT2D eigenvalue weighted by molar-refractivity contribution is 7.92. The van der Waals surface area contributed by atoms with Crippen LogP contribution in [-0.2, 0) is 14.8 Å². The lowest BCUT2D eigenvalue weighted by Crippen LogP contribution is -2.51. The van der Waals surface area contributed by atoms with Crippen LogP contribution in [-0.4, -0.2) is 55.5 Å². The Labute approximate surface area is 154 Å². The summed E-state index contributed by atoms with van der Waals surface area (Å²) in [6, 6.07) is 6.89. The number of nitrogens with zero attached hydrogens (tertiary/aromatic N) is 2. The molecular formula is C17H23ClN2O4S. The summed E-state index contributed by atoms with van der Waals surface area (Å²) in [7, 11) is -3.53. The summed E-state index contributed by atoms with van der Waals surface area (Å²) in [5, 5.41) is 1.78. The quantitative estimate of drug-likeness (QED) is 0.800. The molecule has 1 saturated heterocycles. The lowest BCUT2D eigenvalue weighted by Gasteiger charge is -2.34. The molecule has 138 valence electrons. The van der Waals surface area contributed by atoms with Crippen molar-refractivity contribution in [1.82, 2.24) is 9.21 Å². The van der Waals surface area contributed by atoms with Gasteiger partial charge in [0, 0.05) is 36.6 Å². The van der Waals surface area contributed by atoms with E-state index in [0.29, 0.717) is 18.1 Å². The number of amides is 1. The molecule has 25 heavy (non-hydrogen) atoms. The van der Waals surface area contributed by atoms with Crippen molar-refractivity contribution in [3.63, 3.8) is 0 Å². The van der Waals surface area contributed by atoms with Crippen molar-refractivity contribution < 1.29 is 17.9 Å². The molecular weight excluding hydrogens is 364 g/mol. The number of sulfonamides is 1. The predicted octanol–water partition coefficient (Wildman–Crippen LogP) is 3.19. The largest absolute Gasteiger partial charge is 0.444 e. The lowest BCUT2D eigenvalue weighted by molar-refractivity contribution is 0.0193. The maximum absolute atomic E-state index is 12.4. The third-order valence-corrected chi connectivity index (χ3v) is 5.37. The van der Waals surface area contributed by atoms with E-state index in [-0.39, 0.29) is 13.1 Å². The highest BCUT2D eigenvalue weighted by Crippen LogP contribution is 2.16. The van der Waals surface area contributed by atoms with E-state index in [2.05, 4.69) is 0 Å². The fourth-order valence-corrected chi connectivity index (χ4v) is 3.58. The molecule has 1 aromatic rings. The molecule has 0 N–H and O–H groups in total. The van der Waals surface area contributed by atoms with Gasteiger partial charge in [0.1, 0.15) is 5.60 Å². The summed E-state index contributed by atoms with van der Waals surface area (Å²) in [5.74, 6) is 0. The van der Waals surface area contributed by atoms with Crippen LogP contribution in [0.15, 0.2) is 29.7 Å². The number of halogens is 1. The first-order valence-corrected chi connectivity index (χ1v) is 9.87. The topological polar surface area (TPSA) is 66.9 Å². The van der Waals surface area contributed by atoms with E-state index in [1.54, 1.807) is 45.0 Å². The molecule has 1 fully saturated rings. The van der Waals surface area contributed by atoms with Gasteiger partial charge in [-0.2, -0.15) is 4.31 Å². The molecule has 2 rings (SSSR count). The van der Waals surface area contributed by atoms with Crippen LogP contribution in [0.3, 0.4) is 0 Å². The summed E-state index contributed by atoms with van der Waals surface area (Å²) < 4.78 is 31.5. The molecule has 1 aliphatic heterocycles. The van der Waals surface area contributed by atoms with Gasteiger partial charge in [-0.3, -0.25) is 0 Å². The fraction of sp³-hybridized carbons (Fsp3) is 0.471. The Bertz CT molecular complexity index is 731. The molecule has 0 atom stereocenters. The molecule has 0 aliphatic carbocycles. The van der Waals surface area contributed by atoms with Gasteiger partial charge in [-0.1, -0.05) is 23.7 Å². The first-order chi connectivity index (χ1) is 11.6. The van der Waals surface area contributed by atoms with Gasteiger partial charge in [0.25, 0.3) is 0 Å². The number of ether oxygens (including phenoxy) is 1. The van der Waals surface area contributed by atoms with Crippen molar-refractivity contribution in [2.75, 3.05) is 26.2 Å². The van der Waals surface area contributed by atoms with Gasteiger partial charge in [-0.25, -0.2) is 13.2 Å². The molecule has 0 saturated carbocycles. The van der Waals surface area contributed by atoms with Gasteiger partial charge in [-0.05, 0) is 44.5 Å². The van der Waals surface area contributed by atoms with E-state index in [4.69, 9.17) is 16.3 Å². The van der Waals surface area contributed by atoms with Crippen LogP contribution in [0.4, 0.5) is 4.79 Å². The van der Waals surface area contributed by atoms with E-state index >= 15 is 0 Å². The zero-order valence-corrected chi connectivity index (χ0v) is 16.2. The van der Waals surface area contributed by atoms with Crippen LogP contribution in [0.2, 0.25) is 5.02 Å². The average Bonchev–Trinajstić information content (AvgIpc) is 2.53. The first kappa shape index (κ1) is 19.8. The molecule has 0 spiro atoms. The maximum Gasteiger partial charge on any atom is 0.410 e. The minimum absolute atomic E-state index is 0.243. The van der Waals surface area contributed by atoms with E-state index in [1.165, 1.54) is 20.7 Å². The van der Waals surface area contributed by atoms with Crippen LogP contribution in [0.1, 0.15) is 26.3 Å². The molecule has 1 heterocycles. The number of hydrogen-bond donors (Lipinski definition) is 0. The van der Waals surface area contributed by atoms with E-state index in [1.807, 2.05) is 0 Å². The number of benzene rings is 1. The number of carbonyl (C=O) groups is 1. The van der Waals surface area contributed by atoms with E-state index in [0.717, 1.165) is 5.56 Å². The Kier molecular flexibility index (Phi) is 6.13. The number of hydrogen-bond acceptors (Lipinski definition) is 4. The summed E-state index contributed by atoms with van der Waals surface area (Å²) in [6.07, 6.45) is 1.12. The highest BCUT2D eigenvalue weighted by atomic mass is 35.5.